The Morgan fingerprint density at radius 3 is 2.60 bits per heavy atom. The molecule has 2 heterocycles. The zero-order valence-corrected chi connectivity index (χ0v) is 17.3. The van der Waals surface area contributed by atoms with Gasteiger partial charge >= 0.3 is 0 Å². The molecule has 1 amide bonds. The van der Waals surface area contributed by atoms with E-state index in [-0.39, 0.29) is 11.9 Å². The van der Waals surface area contributed by atoms with Crippen LogP contribution in [0.1, 0.15) is 24.4 Å². The van der Waals surface area contributed by atoms with Gasteiger partial charge in [0.1, 0.15) is 5.75 Å². The molecule has 4 rings (SSSR count). The molecular weight excluding hydrogens is 380 g/mol. The third-order valence-corrected chi connectivity index (χ3v) is 5.54. The van der Waals surface area contributed by atoms with Crippen molar-refractivity contribution in [2.24, 2.45) is 0 Å². The van der Waals surface area contributed by atoms with E-state index in [2.05, 4.69) is 22.0 Å². The number of amides is 1. The molecule has 0 spiro atoms. The minimum Gasteiger partial charge on any atom is -0.497 e. The van der Waals surface area contributed by atoms with Gasteiger partial charge in [-0.25, -0.2) is 0 Å². The smallest absolute Gasteiger partial charge is 0.244 e. The van der Waals surface area contributed by atoms with Crippen LogP contribution in [0, 0.1) is 0 Å². The molecule has 1 saturated heterocycles. The average molecular weight is 406 g/mol. The number of methoxy groups -OCH3 is 1. The van der Waals surface area contributed by atoms with E-state index in [0.29, 0.717) is 31.2 Å². The number of piperazine rings is 1. The predicted octanol–water partition coefficient (Wildman–Crippen LogP) is 3.19. The number of rotatable bonds is 6. The summed E-state index contributed by atoms with van der Waals surface area (Å²) >= 11 is 0. The summed E-state index contributed by atoms with van der Waals surface area (Å²) in [5.74, 6) is 2.11. The summed E-state index contributed by atoms with van der Waals surface area (Å²) in [5.41, 5.74) is 1.90. The molecule has 1 unspecified atom stereocenters. The summed E-state index contributed by atoms with van der Waals surface area (Å²) in [6, 6.07) is 17.5. The maximum Gasteiger partial charge on any atom is 0.244 e. The molecule has 7 nitrogen and oxygen atoms in total. The fourth-order valence-electron chi connectivity index (χ4n) is 3.69. The SMILES string of the molecule is COc1cccc(CC(=O)N2CCN(C(C)c3nc(-c4ccccc4)no3)CC2)c1. The van der Waals surface area contributed by atoms with Crippen LogP contribution >= 0.6 is 0 Å². The van der Waals surface area contributed by atoms with Gasteiger partial charge in [-0.2, -0.15) is 4.98 Å². The second kappa shape index (κ2) is 9.09. The molecule has 1 atom stereocenters. The first-order valence-corrected chi connectivity index (χ1v) is 10.2. The molecular formula is C23H26N4O3. The van der Waals surface area contributed by atoms with E-state index in [4.69, 9.17) is 9.26 Å². The van der Waals surface area contributed by atoms with Gasteiger partial charge in [0.05, 0.1) is 19.6 Å². The van der Waals surface area contributed by atoms with Crippen molar-refractivity contribution in [2.45, 2.75) is 19.4 Å². The molecule has 0 aliphatic carbocycles. The summed E-state index contributed by atoms with van der Waals surface area (Å²) in [7, 11) is 1.63. The summed E-state index contributed by atoms with van der Waals surface area (Å²) in [6.45, 7) is 4.98. The molecule has 0 N–H and O–H groups in total. The lowest BCUT2D eigenvalue weighted by atomic mass is 10.1. The van der Waals surface area contributed by atoms with Gasteiger partial charge in [0.15, 0.2) is 0 Å². The van der Waals surface area contributed by atoms with Crippen molar-refractivity contribution in [3.8, 4) is 17.1 Å². The van der Waals surface area contributed by atoms with Gasteiger partial charge in [0.2, 0.25) is 17.6 Å². The highest BCUT2D eigenvalue weighted by Gasteiger charge is 2.27. The second-order valence-electron chi connectivity index (χ2n) is 7.44. The van der Waals surface area contributed by atoms with Crippen LogP contribution in [0.25, 0.3) is 11.4 Å². The number of hydrogen-bond acceptors (Lipinski definition) is 6. The van der Waals surface area contributed by atoms with E-state index in [0.717, 1.165) is 30.0 Å². The van der Waals surface area contributed by atoms with Gasteiger partial charge < -0.3 is 14.2 Å². The maximum absolute atomic E-state index is 12.7. The van der Waals surface area contributed by atoms with Crippen LogP contribution in [0.3, 0.4) is 0 Å². The quantitative estimate of drug-likeness (QED) is 0.626. The number of hydrogen-bond donors (Lipinski definition) is 0. The second-order valence-corrected chi connectivity index (χ2v) is 7.44. The molecule has 1 aliphatic rings. The van der Waals surface area contributed by atoms with Crippen molar-refractivity contribution in [3.63, 3.8) is 0 Å². The lowest BCUT2D eigenvalue weighted by Crippen LogP contribution is -2.49. The van der Waals surface area contributed by atoms with E-state index in [1.54, 1.807) is 7.11 Å². The number of carbonyl (C=O) groups excluding carboxylic acids is 1. The fraction of sp³-hybridized carbons (Fsp3) is 0.348. The molecule has 1 aliphatic heterocycles. The zero-order valence-electron chi connectivity index (χ0n) is 17.3. The van der Waals surface area contributed by atoms with Crippen molar-refractivity contribution >= 4 is 5.91 Å². The van der Waals surface area contributed by atoms with Gasteiger partial charge in [0, 0.05) is 31.7 Å². The third kappa shape index (κ3) is 4.52. The number of aromatic nitrogens is 2. The average Bonchev–Trinajstić information content (AvgIpc) is 3.30. The van der Waals surface area contributed by atoms with Crippen molar-refractivity contribution in [1.82, 2.24) is 19.9 Å². The first-order chi connectivity index (χ1) is 14.6. The molecule has 1 aromatic heterocycles. The summed E-state index contributed by atoms with van der Waals surface area (Å²) in [5, 5.41) is 4.12. The minimum absolute atomic E-state index is 0.00518. The molecule has 7 heteroatoms. The van der Waals surface area contributed by atoms with Crippen LogP contribution in [0.4, 0.5) is 0 Å². The van der Waals surface area contributed by atoms with E-state index in [1.165, 1.54) is 0 Å². The standard InChI is InChI=1S/C23H26N4O3/c1-17(23-24-22(25-30-23)19-8-4-3-5-9-19)26-11-13-27(14-12-26)21(28)16-18-7-6-10-20(15-18)29-2/h3-10,15,17H,11-14,16H2,1-2H3. The van der Waals surface area contributed by atoms with Crippen molar-refractivity contribution in [2.75, 3.05) is 33.3 Å². The number of carbonyl (C=O) groups is 1. The van der Waals surface area contributed by atoms with E-state index in [1.807, 2.05) is 59.5 Å². The van der Waals surface area contributed by atoms with Crippen LogP contribution in [0.15, 0.2) is 59.1 Å². The monoisotopic (exact) mass is 406 g/mol. The summed E-state index contributed by atoms with van der Waals surface area (Å²) in [4.78, 5) is 21.5. The Morgan fingerprint density at radius 2 is 1.87 bits per heavy atom. The first kappa shape index (κ1) is 20.1. The summed E-state index contributed by atoms with van der Waals surface area (Å²) < 4.78 is 10.8. The van der Waals surface area contributed by atoms with E-state index in [9.17, 15) is 4.79 Å². The van der Waals surface area contributed by atoms with Crippen molar-refractivity contribution in [1.29, 1.82) is 0 Å². The number of benzene rings is 2. The van der Waals surface area contributed by atoms with E-state index >= 15 is 0 Å². The Labute approximate surface area is 176 Å². The Balaban J connectivity index is 1.33. The highest BCUT2D eigenvalue weighted by Crippen LogP contribution is 2.23. The molecule has 156 valence electrons. The fourth-order valence-corrected chi connectivity index (χ4v) is 3.69. The van der Waals surface area contributed by atoms with Crippen LogP contribution in [-0.2, 0) is 11.2 Å². The molecule has 0 bridgehead atoms. The van der Waals surface area contributed by atoms with Crippen molar-refractivity contribution < 1.29 is 14.1 Å². The molecule has 2 aromatic carbocycles. The number of ether oxygens (including phenoxy) is 1. The van der Waals surface area contributed by atoms with Crippen LogP contribution < -0.4 is 4.74 Å². The minimum atomic E-state index is 0.00518. The van der Waals surface area contributed by atoms with Crippen LogP contribution in [0.2, 0.25) is 0 Å². The first-order valence-electron chi connectivity index (χ1n) is 10.2. The highest BCUT2D eigenvalue weighted by molar-refractivity contribution is 5.79. The topological polar surface area (TPSA) is 71.7 Å². The number of nitrogens with zero attached hydrogens (tertiary/aromatic N) is 4. The van der Waals surface area contributed by atoms with Crippen molar-refractivity contribution in [3.05, 3.63) is 66.1 Å². The Hall–Kier alpha value is -3.19. The van der Waals surface area contributed by atoms with Gasteiger partial charge in [-0.1, -0.05) is 47.6 Å². The Morgan fingerprint density at radius 1 is 1.10 bits per heavy atom. The molecule has 0 saturated carbocycles. The zero-order chi connectivity index (χ0) is 20.9. The van der Waals surface area contributed by atoms with Gasteiger partial charge in [0.25, 0.3) is 0 Å². The highest BCUT2D eigenvalue weighted by atomic mass is 16.5. The van der Waals surface area contributed by atoms with Gasteiger partial charge in [-0.15, -0.1) is 0 Å². The molecule has 30 heavy (non-hydrogen) atoms. The van der Waals surface area contributed by atoms with Crippen LogP contribution in [0.5, 0.6) is 5.75 Å². The lowest BCUT2D eigenvalue weighted by molar-refractivity contribution is -0.132. The van der Waals surface area contributed by atoms with E-state index < -0.39 is 0 Å². The largest absolute Gasteiger partial charge is 0.497 e. The van der Waals surface area contributed by atoms with Gasteiger partial charge in [-0.3, -0.25) is 9.69 Å². The lowest BCUT2D eigenvalue weighted by Gasteiger charge is -2.36. The predicted molar refractivity (Wildman–Crippen MR) is 113 cm³/mol. The maximum atomic E-state index is 12.7. The van der Waals surface area contributed by atoms with Gasteiger partial charge in [-0.05, 0) is 24.6 Å². The Bertz CT molecular complexity index is 981. The normalized spacial score (nSPS) is 15.7. The molecule has 0 radical (unpaired) electrons. The third-order valence-electron chi connectivity index (χ3n) is 5.54. The molecule has 3 aromatic rings. The Kier molecular flexibility index (Phi) is 6.09. The summed E-state index contributed by atoms with van der Waals surface area (Å²) in [6.07, 6.45) is 0.386. The molecule has 1 fully saturated rings. The van der Waals surface area contributed by atoms with Crippen LogP contribution in [-0.4, -0.2) is 59.1 Å².